The molecule has 20 heavy (non-hydrogen) atoms. The van der Waals surface area contributed by atoms with E-state index in [0.29, 0.717) is 16.3 Å². The number of carbonyl (C=O) groups excluding carboxylic acids is 1. The molecule has 3 nitrogen and oxygen atoms in total. The lowest BCUT2D eigenvalue weighted by Gasteiger charge is -2.07. The molecule has 0 atom stereocenters. The molecule has 0 bridgehead atoms. The van der Waals surface area contributed by atoms with Gasteiger partial charge in [0.25, 0.3) is 0 Å². The maximum Gasteiger partial charge on any atom is 0.338 e. The molecule has 0 aliphatic carbocycles. The lowest BCUT2D eigenvalue weighted by Crippen LogP contribution is -2.06. The predicted octanol–water partition coefficient (Wildman–Crippen LogP) is 4.07. The first-order chi connectivity index (χ1) is 9.47. The Labute approximate surface area is 125 Å². The average Bonchev–Trinajstić information content (AvgIpc) is 2.40. The summed E-state index contributed by atoms with van der Waals surface area (Å²) in [6.07, 6.45) is 0. The van der Waals surface area contributed by atoms with E-state index in [2.05, 4.69) is 0 Å². The molecule has 2 aromatic carbocycles. The Kier molecular flexibility index (Phi) is 4.47. The number of carbonyl (C=O) groups is 1. The van der Waals surface area contributed by atoms with Gasteiger partial charge in [-0.1, -0.05) is 29.3 Å². The van der Waals surface area contributed by atoms with E-state index < -0.39 is 11.8 Å². The Morgan fingerprint density at radius 3 is 2.55 bits per heavy atom. The molecule has 2 rings (SSSR count). The van der Waals surface area contributed by atoms with Gasteiger partial charge in [0.05, 0.1) is 21.3 Å². The zero-order valence-electron chi connectivity index (χ0n) is 10.2. The van der Waals surface area contributed by atoms with Crippen LogP contribution in [0.2, 0.25) is 10.0 Å². The van der Waals surface area contributed by atoms with Crippen LogP contribution in [0.3, 0.4) is 0 Å². The SMILES string of the molecule is Nc1cc(C(=O)OCc2ccc(F)cc2Cl)ccc1Cl. The predicted molar refractivity (Wildman–Crippen MR) is 76.4 cm³/mol. The van der Waals surface area contributed by atoms with Gasteiger partial charge in [0, 0.05) is 5.56 Å². The number of anilines is 1. The molecule has 0 saturated carbocycles. The Hall–Kier alpha value is -1.78. The Bertz CT molecular complexity index is 662. The van der Waals surface area contributed by atoms with Gasteiger partial charge in [0.15, 0.2) is 0 Å². The van der Waals surface area contributed by atoms with Crippen molar-refractivity contribution in [2.45, 2.75) is 6.61 Å². The zero-order chi connectivity index (χ0) is 14.7. The first-order valence-electron chi connectivity index (χ1n) is 5.63. The minimum atomic E-state index is -0.561. The number of nitrogens with two attached hydrogens (primary N) is 1. The highest BCUT2D eigenvalue weighted by Crippen LogP contribution is 2.21. The summed E-state index contributed by atoms with van der Waals surface area (Å²) in [6.45, 7) is -0.0551. The van der Waals surface area contributed by atoms with Crippen molar-refractivity contribution in [3.8, 4) is 0 Å². The summed E-state index contributed by atoms with van der Waals surface area (Å²) in [4.78, 5) is 11.8. The molecule has 0 unspecified atom stereocenters. The number of esters is 1. The van der Waals surface area contributed by atoms with Crippen LogP contribution in [0.4, 0.5) is 10.1 Å². The summed E-state index contributed by atoms with van der Waals surface area (Å²) in [5.41, 5.74) is 6.70. The van der Waals surface area contributed by atoms with Crippen LogP contribution in [0, 0.1) is 5.82 Å². The van der Waals surface area contributed by atoms with Gasteiger partial charge in [-0.05, 0) is 30.3 Å². The fourth-order valence-corrected chi connectivity index (χ4v) is 1.88. The van der Waals surface area contributed by atoms with E-state index in [-0.39, 0.29) is 17.2 Å². The second-order valence-electron chi connectivity index (χ2n) is 4.05. The molecular formula is C14H10Cl2FNO2. The first-order valence-corrected chi connectivity index (χ1v) is 6.39. The third-order valence-corrected chi connectivity index (χ3v) is 3.30. The average molecular weight is 314 g/mol. The van der Waals surface area contributed by atoms with Crippen molar-refractivity contribution in [1.29, 1.82) is 0 Å². The van der Waals surface area contributed by atoms with Crippen LogP contribution in [0.25, 0.3) is 0 Å². The van der Waals surface area contributed by atoms with E-state index in [1.54, 1.807) is 0 Å². The molecule has 0 amide bonds. The summed E-state index contributed by atoms with van der Waals surface area (Å²) in [7, 11) is 0. The van der Waals surface area contributed by atoms with Gasteiger partial charge in [-0.15, -0.1) is 0 Å². The number of hydrogen-bond donors (Lipinski definition) is 1. The van der Waals surface area contributed by atoms with Gasteiger partial charge in [-0.3, -0.25) is 0 Å². The van der Waals surface area contributed by atoms with Crippen molar-refractivity contribution in [3.63, 3.8) is 0 Å². The molecule has 2 N–H and O–H groups in total. The molecule has 0 spiro atoms. The van der Waals surface area contributed by atoms with Crippen LogP contribution in [0.15, 0.2) is 36.4 Å². The lowest BCUT2D eigenvalue weighted by atomic mass is 10.2. The van der Waals surface area contributed by atoms with E-state index >= 15 is 0 Å². The van der Waals surface area contributed by atoms with Gasteiger partial charge in [0.1, 0.15) is 12.4 Å². The molecule has 0 radical (unpaired) electrons. The maximum absolute atomic E-state index is 12.9. The number of halogens is 3. The van der Waals surface area contributed by atoms with Crippen LogP contribution in [-0.2, 0) is 11.3 Å². The lowest BCUT2D eigenvalue weighted by molar-refractivity contribution is 0.0473. The highest BCUT2D eigenvalue weighted by molar-refractivity contribution is 6.33. The number of rotatable bonds is 3. The van der Waals surface area contributed by atoms with Gasteiger partial charge in [0.2, 0.25) is 0 Å². The monoisotopic (exact) mass is 313 g/mol. The molecule has 2 aromatic rings. The first kappa shape index (κ1) is 14.6. The normalized spacial score (nSPS) is 10.3. The molecule has 0 aliphatic heterocycles. The molecule has 0 aromatic heterocycles. The molecule has 0 aliphatic rings. The minimum absolute atomic E-state index is 0.0551. The van der Waals surface area contributed by atoms with Crippen molar-refractivity contribution >= 4 is 34.9 Å². The van der Waals surface area contributed by atoms with Crippen LogP contribution < -0.4 is 5.73 Å². The highest BCUT2D eigenvalue weighted by atomic mass is 35.5. The summed E-state index contributed by atoms with van der Waals surface area (Å²) in [6, 6.07) is 8.31. The van der Waals surface area contributed by atoms with Crippen molar-refractivity contribution < 1.29 is 13.9 Å². The molecule has 104 valence electrons. The van der Waals surface area contributed by atoms with Gasteiger partial charge in [-0.25, -0.2) is 9.18 Å². The zero-order valence-corrected chi connectivity index (χ0v) is 11.7. The topological polar surface area (TPSA) is 52.3 Å². The van der Waals surface area contributed by atoms with E-state index in [9.17, 15) is 9.18 Å². The molecule has 0 heterocycles. The minimum Gasteiger partial charge on any atom is -0.457 e. The van der Waals surface area contributed by atoms with Gasteiger partial charge >= 0.3 is 5.97 Å². The quantitative estimate of drug-likeness (QED) is 0.686. The second-order valence-corrected chi connectivity index (χ2v) is 4.86. The molecule has 0 saturated heterocycles. The van der Waals surface area contributed by atoms with Crippen molar-refractivity contribution in [1.82, 2.24) is 0 Å². The van der Waals surface area contributed by atoms with E-state index in [1.807, 2.05) is 0 Å². The summed E-state index contributed by atoms with van der Waals surface area (Å²) >= 11 is 11.6. The third kappa shape index (κ3) is 3.40. The van der Waals surface area contributed by atoms with Crippen LogP contribution in [-0.4, -0.2) is 5.97 Å². The second kappa shape index (κ2) is 6.11. The largest absolute Gasteiger partial charge is 0.457 e. The number of ether oxygens (including phenoxy) is 1. The van der Waals surface area contributed by atoms with Crippen LogP contribution >= 0.6 is 23.2 Å². The van der Waals surface area contributed by atoms with Crippen LogP contribution in [0.1, 0.15) is 15.9 Å². The smallest absolute Gasteiger partial charge is 0.338 e. The fraction of sp³-hybridized carbons (Fsp3) is 0.0714. The maximum atomic E-state index is 12.9. The summed E-state index contributed by atoms with van der Waals surface area (Å²) in [5.74, 6) is -1.01. The summed E-state index contributed by atoms with van der Waals surface area (Å²) in [5, 5.41) is 0.566. The van der Waals surface area contributed by atoms with Crippen molar-refractivity contribution in [3.05, 3.63) is 63.4 Å². The van der Waals surface area contributed by atoms with Gasteiger partial charge < -0.3 is 10.5 Å². The highest BCUT2D eigenvalue weighted by Gasteiger charge is 2.10. The number of hydrogen-bond acceptors (Lipinski definition) is 3. The number of nitrogen functional groups attached to an aromatic ring is 1. The van der Waals surface area contributed by atoms with Crippen molar-refractivity contribution in [2.24, 2.45) is 0 Å². The number of benzene rings is 2. The molecule has 6 heteroatoms. The van der Waals surface area contributed by atoms with Crippen LogP contribution in [0.5, 0.6) is 0 Å². The standard InChI is InChI=1S/C14H10Cl2FNO2/c15-11-4-2-8(5-13(11)18)14(19)20-7-9-1-3-10(17)6-12(9)16/h1-6H,7,18H2. The third-order valence-electron chi connectivity index (χ3n) is 2.61. The Morgan fingerprint density at radius 1 is 1.15 bits per heavy atom. The van der Waals surface area contributed by atoms with E-state index in [0.717, 1.165) is 6.07 Å². The van der Waals surface area contributed by atoms with Crippen molar-refractivity contribution in [2.75, 3.05) is 5.73 Å². The Balaban J connectivity index is 2.06. The fourth-order valence-electron chi connectivity index (χ4n) is 1.54. The van der Waals surface area contributed by atoms with E-state index in [1.165, 1.54) is 30.3 Å². The molecule has 0 fully saturated rings. The summed E-state index contributed by atoms with van der Waals surface area (Å²) < 4.78 is 18.0. The van der Waals surface area contributed by atoms with Gasteiger partial charge in [-0.2, -0.15) is 0 Å². The molecular weight excluding hydrogens is 304 g/mol. The Morgan fingerprint density at radius 2 is 1.90 bits per heavy atom. The van der Waals surface area contributed by atoms with E-state index in [4.69, 9.17) is 33.7 Å².